The van der Waals surface area contributed by atoms with E-state index in [9.17, 15) is 4.79 Å². The van der Waals surface area contributed by atoms with Gasteiger partial charge in [0.1, 0.15) is 0 Å². The van der Waals surface area contributed by atoms with Crippen LogP contribution in [0.4, 0.5) is 5.13 Å². The number of halogens is 1. The fraction of sp³-hybridized carbons (Fsp3) is 0.267. The number of benzene rings is 1. The third kappa shape index (κ3) is 3.36. The first kappa shape index (κ1) is 15.2. The van der Waals surface area contributed by atoms with Crippen LogP contribution in [0.25, 0.3) is 10.2 Å². The predicted octanol–water partition coefficient (Wildman–Crippen LogP) is 3.84. The Morgan fingerprint density at radius 2 is 2.32 bits per heavy atom. The van der Waals surface area contributed by atoms with Gasteiger partial charge in [-0.05, 0) is 40.5 Å². The molecule has 0 saturated carbocycles. The summed E-state index contributed by atoms with van der Waals surface area (Å²) in [5.41, 5.74) is 2.10. The minimum Gasteiger partial charge on any atom is -0.302 e. The third-order valence-electron chi connectivity index (χ3n) is 3.28. The molecule has 1 aromatic carbocycles. The van der Waals surface area contributed by atoms with Crippen molar-refractivity contribution in [2.45, 2.75) is 20.4 Å². The summed E-state index contributed by atoms with van der Waals surface area (Å²) >= 11 is 4.84. The van der Waals surface area contributed by atoms with Crippen LogP contribution in [0.1, 0.15) is 12.5 Å². The lowest BCUT2D eigenvalue weighted by Gasteiger charge is -2.10. The number of aryl methyl sites for hydroxylation is 1. The second-order valence-corrected chi connectivity index (χ2v) is 7.21. The van der Waals surface area contributed by atoms with E-state index < -0.39 is 0 Å². The van der Waals surface area contributed by atoms with Crippen molar-refractivity contribution in [1.29, 1.82) is 0 Å². The first-order valence-corrected chi connectivity index (χ1v) is 8.48. The molecule has 1 atom stereocenters. The fourth-order valence-corrected chi connectivity index (χ4v) is 3.41. The normalized spacial score (nSPS) is 12.5. The summed E-state index contributed by atoms with van der Waals surface area (Å²) in [5.74, 6) is -0.247. The molecule has 1 amide bonds. The lowest BCUT2D eigenvalue weighted by molar-refractivity contribution is -0.119. The average Bonchev–Trinajstić information content (AvgIpc) is 3.04. The van der Waals surface area contributed by atoms with Crippen molar-refractivity contribution < 1.29 is 4.79 Å². The summed E-state index contributed by atoms with van der Waals surface area (Å²) in [7, 11) is 0. The van der Waals surface area contributed by atoms with E-state index in [1.807, 2.05) is 32.2 Å². The van der Waals surface area contributed by atoms with Gasteiger partial charge in [-0.15, -0.1) is 0 Å². The lowest BCUT2D eigenvalue weighted by Crippen LogP contribution is -2.24. The number of carbonyl (C=O) groups excluding carboxylic acids is 1. The Morgan fingerprint density at radius 3 is 3.05 bits per heavy atom. The van der Waals surface area contributed by atoms with Crippen LogP contribution >= 0.6 is 27.3 Å². The van der Waals surface area contributed by atoms with Crippen molar-refractivity contribution in [2.75, 3.05) is 5.32 Å². The van der Waals surface area contributed by atoms with Gasteiger partial charge in [0.2, 0.25) is 5.91 Å². The van der Waals surface area contributed by atoms with E-state index >= 15 is 0 Å². The number of hydrogen-bond acceptors (Lipinski definition) is 4. The topological polar surface area (TPSA) is 59.8 Å². The minimum atomic E-state index is -0.194. The molecule has 0 saturated heterocycles. The summed E-state index contributed by atoms with van der Waals surface area (Å²) in [4.78, 5) is 16.7. The van der Waals surface area contributed by atoms with Crippen LogP contribution in [0, 0.1) is 12.8 Å². The molecule has 0 radical (unpaired) electrons. The van der Waals surface area contributed by atoms with E-state index in [0.29, 0.717) is 11.7 Å². The third-order valence-corrected chi connectivity index (χ3v) is 4.63. The second-order valence-electron chi connectivity index (χ2n) is 5.26. The molecule has 0 aliphatic rings. The van der Waals surface area contributed by atoms with Gasteiger partial charge in [-0.3, -0.25) is 9.48 Å². The smallest absolute Gasteiger partial charge is 0.230 e. The lowest BCUT2D eigenvalue weighted by atomic mass is 10.2. The van der Waals surface area contributed by atoms with Crippen molar-refractivity contribution in [3.05, 3.63) is 40.6 Å². The number of rotatable bonds is 4. The molecule has 0 spiro atoms. The van der Waals surface area contributed by atoms with Crippen molar-refractivity contribution in [3.63, 3.8) is 0 Å². The van der Waals surface area contributed by atoms with Crippen molar-refractivity contribution in [1.82, 2.24) is 14.8 Å². The van der Waals surface area contributed by atoms with Crippen molar-refractivity contribution in [3.8, 4) is 0 Å². The molecule has 2 heterocycles. The first-order valence-electron chi connectivity index (χ1n) is 6.87. The molecule has 7 heteroatoms. The molecule has 0 bridgehead atoms. The Bertz CT molecular complexity index is 826. The first-order chi connectivity index (χ1) is 10.5. The molecule has 3 rings (SSSR count). The molecular formula is C15H15BrN4OS. The van der Waals surface area contributed by atoms with Gasteiger partial charge in [0.25, 0.3) is 0 Å². The minimum absolute atomic E-state index is 0.0533. The maximum atomic E-state index is 12.3. The number of hydrogen-bond donors (Lipinski definition) is 1. The Kier molecular flexibility index (Phi) is 4.26. The predicted molar refractivity (Wildman–Crippen MR) is 92.1 cm³/mol. The second kappa shape index (κ2) is 6.18. The van der Waals surface area contributed by atoms with Crippen LogP contribution in [-0.4, -0.2) is 20.7 Å². The van der Waals surface area contributed by atoms with Gasteiger partial charge in [-0.1, -0.05) is 24.3 Å². The van der Waals surface area contributed by atoms with Crippen LogP contribution in [0.15, 0.2) is 35.1 Å². The average molecular weight is 379 g/mol. The van der Waals surface area contributed by atoms with Crippen LogP contribution in [0.5, 0.6) is 0 Å². The maximum absolute atomic E-state index is 12.3. The van der Waals surface area contributed by atoms with Gasteiger partial charge in [0.15, 0.2) is 5.13 Å². The standard InChI is InChI=1S/C15H15BrN4OS/c1-9-3-4-12-13(5-9)22-15(18-12)19-14(21)10(2)7-20-8-11(16)6-17-20/h3-6,8,10H,7H2,1-2H3,(H,18,19,21)/t10-/m1/s1. The van der Waals surface area contributed by atoms with Crippen LogP contribution in [-0.2, 0) is 11.3 Å². The van der Waals surface area contributed by atoms with Gasteiger partial charge >= 0.3 is 0 Å². The number of carbonyl (C=O) groups is 1. The van der Waals surface area contributed by atoms with Crippen LogP contribution in [0.2, 0.25) is 0 Å². The molecule has 1 N–H and O–H groups in total. The SMILES string of the molecule is Cc1ccc2nc(NC(=O)[C@H](C)Cn3cc(Br)cn3)sc2c1. The summed E-state index contributed by atoms with van der Waals surface area (Å²) in [6.07, 6.45) is 3.56. The number of aromatic nitrogens is 3. The van der Waals surface area contributed by atoms with Gasteiger partial charge in [0, 0.05) is 6.20 Å². The molecule has 22 heavy (non-hydrogen) atoms. The summed E-state index contributed by atoms with van der Waals surface area (Å²) < 4.78 is 3.73. The summed E-state index contributed by atoms with van der Waals surface area (Å²) in [6, 6.07) is 6.07. The number of amides is 1. The van der Waals surface area contributed by atoms with E-state index in [-0.39, 0.29) is 11.8 Å². The Labute approximate surface area is 140 Å². The monoisotopic (exact) mass is 378 g/mol. The molecule has 0 fully saturated rings. The zero-order valence-corrected chi connectivity index (χ0v) is 14.6. The van der Waals surface area contributed by atoms with Gasteiger partial charge in [-0.2, -0.15) is 5.10 Å². The molecule has 0 aliphatic carbocycles. The highest BCUT2D eigenvalue weighted by molar-refractivity contribution is 9.10. The molecular weight excluding hydrogens is 364 g/mol. The highest BCUT2D eigenvalue weighted by atomic mass is 79.9. The van der Waals surface area contributed by atoms with E-state index in [0.717, 1.165) is 14.7 Å². The quantitative estimate of drug-likeness (QED) is 0.749. The van der Waals surface area contributed by atoms with Crippen molar-refractivity contribution in [2.24, 2.45) is 5.92 Å². The van der Waals surface area contributed by atoms with E-state index in [1.165, 1.54) is 16.9 Å². The number of nitrogens with zero attached hydrogens (tertiary/aromatic N) is 3. The summed E-state index contributed by atoms with van der Waals surface area (Å²) in [5, 5.41) is 7.70. The summed E-state index contributed by atoms with van der Waals surface area (Å²) in [6.45, 7) is 4.45. The molecule has 2 aromatic heterocycles. The molecule has 114 valence electrons. The number of thiazole rings is 1. The molecule has 0 unspecified atom stereocenters. The van der Waals surface area contributed by atoms with Crippen LogP contribution in [0.3, 0.4) is 0 Å². The Hall–Kier alpha value is -1.73. The zero-order valence-electron chi connectivity index (χ0n) is 12.2. The Morgan fingerprint density at radius 1 is 1.50 bits per heavy atom. The zero-order chi connectivity index (χ0) is 15.7. The number of anilines is 1. The van der Waals surface area contributed by atoms with Crippen LogP contribution < -0.4 is 5.32 Å². The van der Waals surface area contributed by atoms with Crippen molar-refractivity contribution >= 4 is 48.5 Å². The van der Waals surface area contributed by atoms with E-state index in [4.69, 9.17) is 0 Å². The van der Waals surface area contributed by atoms with E-state index in [2.05, 4.69) is 37.4 Å². The molecule has 0 aliphatic heterocycles. The highest BCUT2D eigenvalue weighted by Crippen LogP contribution is 2.27. The number of fused-ring (bicyclic) bond motifs is 1. The maximum Gasteiger partial charge on any atom is 0.230 e. The highest BCUT2D eigenvalue weighted by Gasteiger charge is 2.16. The number of nitrogens with one attached hydrogen (secondary N) is 1. The van der Waals surface area contributed by atoms with Gasteiger partial charge < -0.3 is 5.32 Å². The fourth-order valence-electron chi connectivity index (χ4n) is 2.12. The Balaban J connectivity index is 1.69. The van der Waals surface area contributed by atoms with Gasteiger partial charge in [-0.25, -0.2) is 4.98 Å². The van der Waals surface area contributed by atoms with E-state index in [1.54, 1.807) is 10.9 Å². The van der Waals surface area contributed by atoms with Gasteiger partial charge in [0.05, 0.1) is 33.3 Å². The largest absolute Gasteiger partial charge is 0.302 e. The molecule has 5 nitrogen and oxygen atoms in total. The molecule has 3 aromatic rings.